The predicted molar refractivity (Wildman–Crippen MR) is 98.4 cm³/mol. The molecule has 0 bridgehead atoms. The number of likely N-dealkylation sites (tertiary alicyclic amines) is 1. The Balaban J connectivity index is 1.73. The number of thiocarbonyl (C=S) groups is 1. The van der Waals surface area contributed by atoms with Crippen LogP contribution in [0.25, 0.3) is 11.0 Å². The Morgan fingerprint density at radius 1 is 1.30 bits per heavy atom. The molecule has 122 valence electrons. The van der Waals surface area contributed by atoms with E-state index in [9.17, 15) is 4.79 Å². The number of methoxy groups -OCH3 is 1. The average molecular weight is 349 g/mol. The third kappa shape index (κ3) is 3.87. The van der Waals surface area contributed by atoms with Crippen LogP contribution in [0.5, 0.6) is 5.75 Å². The fourth-order valence-corrected chi connectivity index (χ4v) is 3.82. The van der Waals surface area contributed by atoms with Gasteiger partial charge in [0.1, 0.15) is 21.4 Å². The summed E-state index contributed by atoms with van der Waals surface area (Å²) >= 11 is 7.05. The molecule has 0 aliphatic carbocycles. The van der Waals surface area contributed by atoms with Gasteiger partial charge in [0.15, 0.2) is 5.43 Å². The van der Waals surface area contributed by atoms with Gasteiger partial charge in [0.2, 0.25) is 0 Å². The van der Waals surface area contributed by atoms with Gasteiger partial charge in [0, 0.05) is 19.2 Å². The van der Waals surface area contributed by atoms with Crippen molar-refractivity contribution in [2.75, 3.05) is 20.2 Å². The summed E-state index contributed by atoms with van der Waals surface area (Å²) in [4.78, 5) is 14.5. The Labute approximate surface area is 144 Å². The summed E-state index contributed by atoms with van der Waals surface area (Å²) in [6.07, 6.45) is 3.69. The van der Waals surface area contributed by atoms with Gasteiger partial charge in [-0.25, -0.2) is 0 Å². The third-order valence-electron chi connectivity index (χ3n) is 3.94. The van der Waals surface area contributed by atoms with Crippen LogP contribution in [-0.4, -0.2) is 29.4 Å². The van der Waals surface area contributed by atoms with Crippen molar-refractivity contribution in [3.63, 3.8) is 0 Å². The Bertz CT molecular complexity index is 766. The van der Waals surface area contributed by atoms with Gasteiger partial charge in [-0.1, -0.05) is 24.0 Å². The molecule has 0 radical (unpaired) electrons. The zero-order chi connectivity index (χ0) is 16.2. The highest BCUT2D eigenvalue weighted by molar-refractivity contribution is 8.22. The maximum Gasteiger partial charge on any atom is 0.193 e. The molecular formula is C17H19NO3S2. The van der Waals surface area contributed by atoms with Gasteiger partial charge in [0.25, 0.3) is 0 Å². The van der Waals surface area contributed by atoms with E-state index in [2.05, 4.69) is 4.90 Å². The van der Waals surface area contributed by atoms with E-state index >= 15 is 0 Å². The highest BCUT2D eigenvalue weighted by Crippen LogP contribution is 2.23. The second kappa shape index (κ2) is 7.36. The van der Waals surface area contributed by atoms with Gasteiger partial charge in [-0.3, -0.25) is 4.79 Å². The lowest BCUT2D eigenvalue weighted by atomic mass is 10.1. The van der Waals surface area contributed by atoms with Gasteiger partial charge >= 0.3 is 0 Å². The molecule has 3 rings (SSSR count). The Morgan fingerprint density at radius 3 is 2.83 bits per heavy atom. The molecule has 1 aromatic heterocycles. The standard InChI is InChI=1S/C17H19NO3S2/c1-20-12-5-6-16-14(9-12)15(19)10-13(21-16)11-23-17(22)18-7-3-2-4-8-18/h5-6,9-10H,2-4,7-8,11H2,1H3. The van der Waals surface area contributed by atoms with E-state index in [0.717, 1.165) is 17.4 Å². The molecule has 2 aromatic rings. The van der Waals surface area contributed by atoms with Crippen LogP contribution < -0.4 is 10.2 Å². The summed E-state index contributed by atoms with van der Waals surface area (Å²) in [6, 6.07) is 6.82. The topological polar surface area (TPSA) is 42.7 Å². The highest BCUT2D eigenvalue weighted by Gasteiger charge is 2.14. The zero-order valence-corrected chi connectivity index (χ0v) is 14.7. The molecule has 0 atom stereocenters. The number of piperidine rings is 1. The van der Waals surface area contributed by atoms with Gasteiger partial charge in [-0.2, -0.15) is 0 Å². The summed E-state index contributed by atoms with van der Waals surface area (Å²) in [6.45, 7) is 2.07. The van der Waals surface area contributed by atoms with Gasteiger partial charge in [-0.15, -0.1) is 0 Å². The van der Waals surface area contributed by atoms with Crippen LogP contribution in [0.1, 0.15) is 25.0 Å². The SMILES string of the molecule is COc1ccc2oc(CSC(=S)N3CCCCC3)cc(=O)c2c1. The fraction of sp³-hybridized carbons (Fsp3) is 0.412. The fourth-order valence-electron chi connectivity index (χ4n) is 2.68. The average Bonchev–Trinajstić information content (AvgIpc) is 2.60. The molecule has 0 unspecified atom stereocenters. The molecule has 0 N–H and O–H groups in total. The minimum Gasteiger partial charge on any atom is -0.497 e. The first kappa shape index (κ1) is 16.3. The quantitative estimate of drug-likeness (QED) is 0.785. The summed E-state index contributed by atoms with van der Waals surface area (Å²) in [5.74, 6) is 1.88. The number of nitrogens with zero attached hydrogens (tertiary/aromatic N) is 1. The van der Waals surface area contributed by atoms with Crippen LogP contribution in [-0.2, 0) is 5.75 Å². The summed E-state index contributed by atoms with van der Waals surface area (Å²) in [7, 11) is 1.58. The van der Waals surface area contributed by atoms with Crippen molar-refractivity contribution in [3.8, 4) is 5.75 Å². The first-order valence-electron chi connectivity index (χ1n) is 7.70. The number of hydrogen-bond donors (Lipinski definition) is 0. The molecule has 0 amide bonds. The molecule has 6 heteroatoms. The Morgan fingerprint density at radius 2 is 2.09 bits per heavy atom. The van der Waals surface area contributed by atoms with E-state index in [1.807, 2.05) is 0 Å². The van der Waals surface area contributed by atoms with Crippen molar-refractivity contribution >= 4 is 39.3 Å². The minimum absolute atomic E-state index is 0.0513. The van der Waals surface area contributed by atoms with Crippen LogP contribution >= 0.6 is 24.0 Å². The molecule has 2 heterocycles. The van der Waals surface area contributed by atoms with Crippen molar-refractivity contribution in [2.24, 2.45) is 0 Å². The zero-order valence-electron chi connectivity index (χ0n) is 13.0. The second-order valence-electron chi connectivity index (χ2n) is 5.54. The van der Waals surface area contributed by atoms with Crippen LogP contribution in [0.4, 0.5) is 0 Å². The molecule has 23 heavy (non-hydrogen) atoms. The van der Waals surface area contributed by atoms with Crippen molar-refractivity contribution in [3.05, 3.63) is 40.2 Å². The molecule has 0 spiro atoms. The molecule has 1 saturated heterocycles. The van der Waals surface area contributed by atoms with Crippen molar-refractivity contribution < 1.29 is 9.15 Å². The number of benzene rings is 1. The third-order valence-corrected chi connectivity index (χ3v) is 5.48. The number of ether oxygens (including phenoxy) is 1. The predicted octanol–water partition coefficient (Wildman–Crippen LogP) is 3.81. The highest BCUT2D eigenvalue weighted by atomic mass is 32.2. The van der Waals surface area contributed by atoms with Gasteiger partial charge < -0.3 is 14.1 Å². The summed E-state index contributed by atoms with van der Waals surface area (Å²) in [5.41, 5.74) is 0.530. The van der Waals surface area contributed by atoms with E-state index in [0.29, 0.717) is 28.2 Å². The maximum atomic E-state index is 12.2. The first-order valence-corrected chi connectivity index (χ1v) is 9.09. The minimum atomic E-state index is -0.0513. The van der Waals surface area contributed by atoms with E-state index in [1.54, 1.807) is 43.1 Å². The van der Waals surface area contributed by atoms with Crippen molar-refractivity contribution in [1.82, 2.24) is 4.90 Å². The van der Waals surface area contributed by atoms with E-state index in [4.69, 9.17) is 21.4 Å². The van der Waals surface area contributed by atoms with Crippen LogP contribution in [0.15, 0.2) is 33.5 Å². The lowest BCUT2D eigenvalue weighted by Gasteiger charge is -2.28. The van der Waals surface area contributed by atoms with Crippen molar-refractivity contribution in [1.29, 1.82) is 0 Å². The monoisotopic (exact) mass is 349 g/mol. The Kier molecular flexibility index (Phi) is 5.23. The second-order valence-corrected chi connectivity index (χ2v) is 7.15. The molecule has 1 fully saturated rings. The van der Waals surface area contributed by atoms with Gasteiger partial charge in [-0.05, 0) is 37.5 Å². The summed E-state index contributed by atoms with van der Waals surface area (Å²) in [5, 5.41) is 0.539. The van der Waals surface area contributed by atoms with E-state index in [1.165, 1.54) is 19.3 Å². The lowest BCUT2D eigenvalue weighted by molar-refractivity contribution is 0.352. The van der Waals surface area contributed by atoms with Crippen LogP contribution in [0.2, 0.25) is 0 Å². The maximum absolute atomic E-state index is 12.2. The first-order chi connectivity index (χ1) is 11.2. The normalized spacial score (nSPS) is 14.9. The van der Waals surface area contributed by atoms with E-state index < -0.39 is 0 Å². The smallest absolute Gasteiger partial charge is 0.193 e. The largest absolute Gasteiger partial charge is 0.497 e. The summed E-state index contributed by atoms with van der Waals surface area (Å²) < 4.78 is 11.9. The number of fused-ring (bicyclic) bond motifs is 1. The number of rotatable bonds is 3. The van der Waals surface area contributed by atoms with Crippen LogP contribution in [0, 0.1) is 0 Å². The van der Waals surface area contributed by atoms with Crippen molar-refractivity contribution in [2.45, 2.75) is 25.0 Å². The molecule has 4 nitrogen and oxygen atoms in total. The molecular weight excluding hydrogens is 330 g/mol. The molecule has 0 saturated carbocycles. The van der Waals surface area contributed by atoms with E-state index in [-0.39, 0.29) is 5.43 Å². The molecule has 1 aliphatic rings. The Hall–Kier alpha value is -1.53. The van der Waals surface area contributed by atoms with Crippen LogP contribution in [0.3, 0.4) is 0 Å². The lowest BCUT2D eigenvalue weighted by Crippen LogP contribution is -2.32. The molecule has 1 aromatic carbocycles. The number of hydrogen-bond acceptors (Lipinski definition) is 5. The molecule has 1 aliphatic heterocycles. The van der Waals surface area contributed by atoms with Gasteiger partial charge in [0.05, 0.1) is 18.2 Å². The number of thioether (sulfide) groups is 1.